The van der Waals surface area contributed by atoms with Gasteiger partial charge in [-0.3, -0.25) is 4.98 Å². The Balaban J connectivity index is 1.85. The lowest BCUT2D eigenvalue weighted by Crippen LogP contribution is -1.98. The van der Waals surface area contributed by atoms with E-state index in [9.17, 15) is 4.39 Å². The summed E-state index contributed by atoms with van der Waals surface area (Å²) in [6, 6.07) is 9.06. The molecule has 0 radical (unpaired) electrons. The normalized spacial score (nSPS) is 10.9. The monoisotopic (exact) mass is 371 g/mol. The molecule has 0 saturated carbocycles. The molecule has 0 atom stereocenters. The predicted molar refractivity (Wildman–Crippen MR) is 112 cm³/mol. The Labute approximate surface area is 164 Å². The van der Waals surface area contributed by atoms with Gasteiger partial charge >= 0.3 is 0 Å². The van der Waals surface area contributed by atoms with Crippen molar-refractivity contribution in [3.05, 3.63) is 47.9 Å². The zero-order valence-electron chi connectivity index (χ0n) is 17.0. The Morgan fingerprint density at radius 2 is 1.59 bits per heavy atom. The van der Waals surface area contributed by atoms with E-state index in [4.69, 9.17) is 4.74 Å². The van der Waals surface area contributed by atoms with E-state index in [1.54, 1.807) is 6.07 Å². The van der Waals surface area contributed by atoms with Crippen molar-refractivity contribution in [3.8, 4) is 17.0 Å². The smallest absolute Gasteiger partial charge is 0.136 e. The van der Waals surface area contributed by atoms with Crippen LogP contribution in [0.15, 0.2) is 36.5 Å². The highest BCUT2D eigenvalue weighted by Gasteiger charge is 2.08. The molecule has 1 aromatic heterocycles. The van der Waals surface area contributed by atoms with Gasteiger partial charge in [-0.2, -0.15) is 0 Å². The zero-order valence-corrected chi connectivity index (χ0v) is 17.0. The van der Waals surface area contributed by atoms with Gasteiger partial charge in [0.1, 0.15) is 11.6 Å². The van der Waals surface area contributed by atoms with Gasteiger partial charge in [0.05, 0.1) is 12.3 Å². The fourth-order valence-electron chi connectivity index (χ4n) is 3.18. The quantitative estimate of drug-likeness (QED) is 0.343. The van der Waals surface area contributed by atoms with Crippen LogP contribution >= 0.6 is 0 Å². The first kappa shape index (κ1) is 21.4. The van der Waals surface area contributed by atoms with E-state index in [-0.39, 0.29) is 5.82 Å². The van der Waals surface area contributed by atoms with Crippen molar-refractivity contribution in [3.63, 3.8) is 0 Å². The number of rotatable bonds is 13. The maximum absolute atomic E-state index is 14.5. The van der Waals surface area contributed by atoms with Crippen LogP contribution in [0.4, 0.5) is 4.39 Å². The van der Waals surface area contributed by atoms with Crippen molar-refractivity contribution in [1.82, 2.24) is 4.98 Å². The predicted octanol–water partition coefficient (Wildman–Crippen LogP) is 7.36. The van der Waals surface area contributed by atoms with Crippen molar-refractivity contribution in [2.75, 3.05) is 6.61 Å². The van der Waals surface area contributed by atoms with E-state index in [1.807, 2.05) is 18.3 Å². The van der Waals surface area contributed by atoms with Gasteiger partial charge in [0.15, 0.2) is 0 Å². The summed E-state index contributed by atoms with van der Waals surface area (Å²) < 4.78 is 20.2. The average molecular weight is 372 g/mol. The number of aromatic nitrogens is 1. The standard InChI is InChI=1S/C24H34FNO/c1-3-5-7-9-11-17-27-21-14-15-22(23(25)18-21)24-16-13-20(19-26-24)12-10-8-6-4-2/h13-16,18-19H,3-12,17H2,1-2H3. The van der Waals surface area contributed by atoms with Gasteiger partial charge in [0.25, 0.3) is 0 Å². The minimum atomic E-state index is -0.276. The number of unbranched alkanes of at least 4 members (excludes halogenated alkanes) is 7. The maximum atomic E-state index is 14.5. The highest BCUT2D eigenvalue weighted by atomic mass is 19.1. The Bertz CT molecular complexity index is 654. The highest BCUT2D eigenvalue weighted by Crippen LogP contribution is 2.25. The highest BCUT2D eigenvalue weighted by molar-refractivity contribution is 5.61. The summed E-state index contributed by atoms with van der Waals surface area (Å²) in [5.74, 6) is 0.320. The van der Waals surface area contributed by atoms with Gasteiger partial charge in [-0.1, -0.05) is 64.9 Å². The van der Waals surface area contributed by atoms with Crippen molar-refractivity contribution in [2.45, 2.75) is 78.1 Å². The number of halogens is 1. The molecule has 2 nitrogen and oxygen atoms in total. The molecule has 0 aliphatic rings. The fraction of sp³-hybridized carbons (Fsp3) is 0.542. The molecule has 2 rings (SSSR count). The number of nitrogens with zero attached hydrogens (tertiary/aromatic N) is 1. The van der Waals surface area contributed by atoms with Gasteiger partial charge in [-0.15, -0.1) is 0 Å². The molecule has 0 N–H and O–H groups in total. The molecular weight excluding hydrogens is 337 g/mol. The van der Waals surface area contributed by atoms with Gasteiger partial charge in [0, 0.05) is 17.8 Å². The number of hydrogen-bond donors (Lipinski definition) is 0. The molecule has 0 amide bonds. The summed E-state index contributed by atoms with van der Waals surface area (Å²) in [5.41, 5.74) is 2.43. The third-order valence-electron chi connectivity index (χ3n) is 4.88. The van der Waals surface area contributed by atoms with Crippen LogP contribution in [0, 0.1) is 5.82 Å². The molecule has 148 valence electrons. The number of benzene rings is 1. The summed E-state index contributed by atoms with van der Waals surface area (Å²) in [7, 11) is 0. The third-order valence-corrected chi connectivity index (χ3v) is 4.88. The van der Waals surface area contributed by atoms with E-state index in [0.29, 0.717) is 23.6 Å². The molecule has 0 saturated heterocycles. The van der Waals surface area contributed by atoms with E-state index in [2.05, 4.69) is 24.9 Å². The van der Waals surface area contributed by atoms with Crippen molar-refractivity contribution >= 4 is 0 Å². The van der Waals surface area contributed by atoms with Crippen LogP contribution in [0.5, 0.6) is 5.75 Å². The molecule has 0 unspecified atom stereocenters. The first-order valence-electron chi connectivity index (χ1n) is 10.6. The Morgan fingerprint density at radius 3 is 2.26 bits per heavy atom. The average Bonchev–Trinajstić information content (AvgIpc) is 2.69. The molecule has 0 spiro atoms. The van der Waals surface area contributed by atoms with Crippen LogP contribution in [0.2, 0.25) is 0 Å². The van der Waals surface area contributed by atoms with Gasteiger partial charge in [-0.05, 0) is 43.0 Å². The Kier molecular flexibility index (Phi) is 9.89. The molecule has 3 heteroatoms. The largest absolute Gasteiger partial charge is 0.493 e. The number of ether oxygens (including phenoxy) is 1. The molecule has 0 aliphatic heterocycles. The summed E-state index contributed by atoms with van der Waals surface area (Å²) in [6.07, 6.45) is 13.8. The molecule has 1 heterocycles. The fourth-order valence-corrected chi connectivity index (χ4v) is 3.18. The summed E-state index contributed by atoms with van der Waals surface area (Å²) in [4.78, 5) is 4.46. The molecule has 0 bridgehead atoms. The summed E-state index contributed by atoms with van der Waals surface area (Å²) in [6.45, 7) is 5.07. The lowest BCUT2D eigenvalue weighted by Gasteiger charge is -2.09. The lowest BCUT2D eigenvalue weighted by molar-refractivity contribution is 0.303. The zero-order chi connectivity index (χ0) is 19.3. The van der Waals surface area contributed by atoms with Crippen molar-refractivity contribution in [1.29, 1.82) is 0 Å². The van der Waals surface area contributed by atoms with Gasteiger partial charge in [0.2, 0.25) is 0 Å². The third kappa shape index (κ3) is 7.70. The molecule has 27 heavy (non-hydrogen) atoms. The lowest BCUT2D eigenvalue weighted by atomic mass is 10.1. The van der Waals surface area contributed by atoms with Crippen LogP contribution in [0.25, 0.3) is 11.3 Å². The minimum Gasteiger partial charge on any atom is -0.493 e. The molecule has 0 fully saturated rings. The van der Waals surface area contributed by atoms with Crippen LogP contribution in [-0.2, 0) is 6.42 Å². The Morgan fingerprint density at radius 1 is 0.852 bits per heavy atom. The summed E-state index contributed by atoms with van der Waals surface area (Å²) in [5, 5.41) is 0. The van der Waals surface area contributed by atoms with Gasteiger partial charge < -0.3 is 4.74 Å². The van der Waals surface area contributed by atoms with Crippen molar-refractivity contribution in [2.24, 2.45) is 0 Å². The van der Waals surface area contributed by atoms with Crippen molar-refractivity contribution < 1.29 is 9.13 Å². The summed E-state index contributed by atoms with van der Waals surface area (Å²) >= 11 is 0. The second kappa shape index (κ2) is 12.5. The number of aryl methyl sites for hydroxylation is 1. The topological polar surface area (TPSA) is 22.1 Å². The van der Waals surface area contributed by atoms with Crippen LogP contribution in [0.3, 0.4) is 0 Å². The maximum Gasteiger partial charge on any atom is 0.136 e. The Hall–Kier alpha value is -1.90. The van der Waals surface area contributed by atoms with E-state index >= 15 is 0 Å². The van der Waals surface area contributed by atoms with Crippen LogP contribution < -0.4 is 4.74 Å². The molecule has 2 aromatic rings. The SMILES string of the molecule is CCCCCCCOc1ccc(-c2ccc(CCCCCC)cn2)c(F)c1. The van der Waals surface area contributed by atoms with Crippen LogP contribution in [0.1, 0.15) is 77.2 Å². The molecule has 1 aromatic carbocycles. The van der Waals surface area contributed by atoms with Gasteiger partial charge in [-0.25, -0.2) is 4.39 Å². The van der Waals surface area contributed by atoms with E-state index < -0.39 is 0 Å². The van der Waals surface area contributed by atoms with E-state index in [1.165, 1.54) is 63.0 Å². The van der Waals surface area contributed by atoms with E-state index in [0.717, 1.165) is 12.8 Å². The molecular formula is C24H34FNO. The minimum absolute atomic E-state index is 0.276. The first-order valence-corrected chi connectivity index (χ1v) is 10.6. The molecule has 0 aliphatic carbocycles. The second-order valence-corrected chi connectivity index (χ2v) is 7.27. The van der Waals surface area contributed by atoms with Crippen LogP contribution in [-0.4, -0.2) is 11.6 Å². The first-order chi connectivity index (χ1) is 13.2. The number of hydrogen-bond acceptors (Lipinski definition) is 2. The number of pyridine rings is 1. The second-order valence-electron chi connectivity index (χ2n) is 7.27.